The molecule has 24 heavy (non-hydrogen) atoms. The highest BCUT2D eigenvalue weighted by Crippen LogP contribution is 2.23. The van der Waals surface area contributed by atoms with Gasteiger partial charge < -0.3 is 0 Å². The molecule has 1 N–H and O–H groups in total. The van der Waals surface area contributed by atoms with E-state index in [4.69, 9.17) is 0 Å². The van der Waals surface area contributed by atoms with Crippen LogP contribution < -0.4 is 4.72 Å². The zero-order chi connectivity index (χ0) is 17.0. The van der Waals surface area contributed by atoms with Gasteiger partial charge in [0.05, 0.1) is 4.90 Å². The Morgan fingerprint density at radius 3 is 1.92 bits per heavy atom. The van der Waals surface area contributed by atoms with Crippen molar-refractivity contribution in [2.45, 2.75) is 4.90 Å². The van der Waals surface area contributed by atoms with Crippen LogP contribution in [0.15, 0.2) is 89.8 Å². The molecule has 0 fully saturated rings. The van der Waals surface area contributed by atoms with E-state index < -0.39 is 15.9 Å². The van der Waals surface area contributed by atoms with Crippen molar-refractivity contribution in [3.63, 3.8) is 0 Å². The molecule has 0 aliphatic rings. The Morgan fingerprint density at radius 1 is 0.708 bits per heavy atom. The number of sulfonamides is 1. The zero-order valence-corrected chi connectivity index (χ0v) is 13.5. The molecule has 0 atom stereocenters. The maximum atomic E-state index is 12.5. The van der Waals surface area contributed by atoms with Crippen LogP contribution in [0, 0.1) is 0 Å². The van der Waals surface area contributed by atoms with Crippen molar-refractivity contribution >= 4 is 15.9 Å². The van der Waals surface area contributed by atoms with E-state index in [1.165, 1.54) is 12.1 Å². The summed E-state index contributed by atoms with van der Waals surface area (Å²) in [5.41, 5.74) is 1.84. The third-order valence-corrected chi connectivity index (χ3v) is 4.88. The van der Waals surface area contributed by atoms with Gasteiger partial charge in [-0.25, -0.2) is 13.1 Å². The van der Waals surface area contributed by atoms with E-state index in [1.807, 2.05) is 36.4 Å². The second-order valence-electron chi connectivity index (χ2n) is 5.16. The van der Waals surface area contributed by atoms with Crippen molar-refractivity contribution in [1.29, 1.82) is 0 Å². The van der Waals surface area contributed by atoms with Crippen molar-refractivity contribution in [1.82, 2.24) is 4.72 Å². The van der Waals surface area contributed by atoms with Crippen molar-refractivity contribution in [2.75, 3.05) is 0 Å². The van der Waals surface area contributed by atoms with Crippen LogP contribution in [0.25, 0.3) is 11.1 Å². The van der Waals surface area contributed by atoms with Gasteiger partial charge in [0.2, 0.25) is 0 Å². The monoisotopic (exact) mass is 337 g/mol. The summed E-state index contributed by atoms with van der Waals surface area (Å²) >= 11 is 0. The van der Waals surface area contributed by atoms with Crippen LogP contribution in [-0.2, 0) is 10.0 Å². The van der Waals surface area contributed by atoms with Gasteiger partial charge in [-0.1, -0.05) is 66.7 Å². The predicted octanol–water partition coefficient (Wildman–Crippen LogP) is 3.47. The first kappa shape index (κ1) is 16.0. The van der Waals surface area contributed by atoms with E-state index in [1.54, 1.807) is 36.4 Å². The Labute approximate surface area is 140 Å². The van der Waals surface area contributed by atoms with Crippen LogP contribution in [0.5, 0.6) is 0 Å². The summed E-state index contributed by atoms with van der Waals surface area (Å²) in [4.78, 5) is 12.6. The fraction of sp³-hybridized carbons (Fsp3) is 0. The van der Waals surface area contributed by atoms with Crippen LogP contribution in [-0.4, -0.2) is 14.3 Å². The molecular weight excluding hydrogens is 322 g/mol. The van der Waals surface area contributed by atoms with Gasteiger partial charge >= 0.3 is 0 Å². The lowest BCUT2D eigenvalue weighted by atomic mass is 9.99. The molecule has 0 aromatic heterocycles. The number of nitrogens with one attached hydrogen (secondary N) is 1. The summed E-state index contributed by atoms with van der Waals surface area (Å²) in [7, 11) is -3.91. The number of hydrogen-bond donors (Lipinski definition) is 1. The molecular formula is C19H15NO3S. The van der Waals surface area contributed by atoms with Crippen LogP contribution >= 0.6 is 0 Å². The topological polar surface area (TPSA) is 63.2 Å². The molecule has 0 aliphatic carbocycles. The Morgan fingerprint density at radius 2 is 1.25 bits per heavy atom. The summed E-state index contributed by atoms with van der Waals surface area (Å²) in [6.45, 7) is 0. The van der Waals surface area contributed by atoms with Gasteiger partial charge in [0.15, 0.2) is 0 Å². The highest BCUT2D eigenvalue weighted by Gasteiger charge is 2.20. The highest BCUT2D eigenvalue weighted by atomic mass is 32.2. The minimum absolute atomic E-state index is 0.0514. The lowest BCUT2D eigenvalue weighted by Crippen LogP contribution is -2.30. The molecule has 0 unspecified atom stereocenters. The first-order chi connectivity index (χ1) is 11.6. The number of carbonyl (C=O) groups excluding carboxylic acids is 1. The SMILES string of the molecule is O=C(NS(=O)(=O)c1ccccc1)c1ccccc1-c1ccccc1. The molecule has 5 heteroatoms. The molecule has 0 spiro atoms. The molecule has 4 nitrogen and oxygen atoms in total. The van der Waals surface area contributed by atoms with E-state index in [0.29, 0.717) is 11.1 Å². The van der Waals surface area contributed by atoms with Gasteiger partial charge in [-0.3, -0.25) is 4.79 Å². The molecule has 0 bridgehead atoms. The molecule has 0 saturated heterocycles. The van der Waals surface area contributed by atoms with Crippen molar-refractivity contribution < 1.29 is 13.2 Å². The summed E-state index contributed by atoms with van der Waals surface area (Å²) < 4.78 is 26.8. The summed E-state index contributed by atoms with van der Waals surface area (Å²) in [6, 6.07) is 24.1. The van der Waals surface area contributed by atoms with Gasteiger partial charge in [0, 0.05) is 5.56 Å². The Kier molecular flexibility index (Phi) is 4.44. The normalized spacial score (nSPS) is 11.0. The van der Waals surface area contributed by atoms with Gasteiger partial charge in [0.1, 0.15) is 0 Å². The number of carbonyl (C=O) groups is 1. The average molecular weight is 337 g/mol. The summed E-state index contributed by atoms with van der Waals surface area (Å²) in [6.07, 6.45) is 0. The molecule has 3 aromatic rings. The van der Waals surface area contributed by atoms with E-state index >= 15 is 0 Å². The molecule has 0 radical (unpaired) electrons. The number of rotatable bonds is 4. The predicted molar refractivity (Wildman–Crippen MR) is 93.0 cm³/mol. The van der Waals surface area contributed by atoms with Gasteiger partial charge in [0.25, 0.3) is 15.9 Å². The lowest BCUT2D eigenvalue weighted by Gasteiger charge is -2.11. The second-order valence-corrected chi connectivity index (χ2v) is 6.84. The molecule has 0 saturated carbocycles. The smallest absolute Gasteiger partial charge is 0.265 e. The largest absolute Gasteiger partial charge is 0.268 e. The van der Waals surface area contributed by atoms with Crippen molar-refractivity contribution in [3.05, 3.63) is 90.5 Å². The number of hydrogen-bond acceptors (Lipinski definition) is 3. The minimum Gasteiger partial charge on any atom is -0.268 e. The quantitative estimate of drug-likeness (QED) is 0.793. The Balaban J connectivity index is 1.95. The summed E-state index contributed by atoms with van der Waals surface area (Å²) in [5.74, 6) is -0.654. The molecule has 1 amide bonds. The standard InChI is InChI=1S/C19H15NO3S/c21-19(20-24(22,23)16-11-5-2-6-12-16)18-14-8-7-13-17(18)15-9-3-1-4-10-15/h1-14H,(H,20,21). The Hall–Kier alpha value is -2.92. The van der Waals surface area contributed by atoms with Gasteiger partial charge in [-0.15, -0.1) is 0 Å². The third-order valence-electron chi connectivity index (χ3n) is 3.54. The van der Waals surface area contributed by atoms with Crippen LogP contribution in [0.4, 0.5) is 0 Å². The third kappa shape index (κ3) is 3.36. The van der Waals surface area contributed by atoms with Crippen LogP contribution in [0.1, 0.15) is 10.4 Å². The fourth-order valence-corrected chi connectivity index (χ4v) is 3.37. The number of benzene rings is 3. The van der Waals surface area contributed by atoms with E-state index in [2.05, 4.69) is 4.72 Å². The second kappa shape index (κ2) is 6.68. The molecule has 0 heterocycles. The van der Waals surface area contributed by atoms with Crippen LogP contribution in [0.3, 0.4) is 0 Å². The number of amides is 1. The van der Waals surface area contributed by atoms with E-state index in [9.17, 15) is 13.2 Å². The highest BCUT2D eigenvalue weighted by molar-refractivity contribution is 7.90. The molecule has 3 rings (SSSR count). The average Bonchev–Trinajstić information content (AvgIpc) is 2.63. The summed E-state index contributed by atoms with van der Waals surface area (Å²) in [5, 5.41) is 0. The molecule has 120 valence electrons. The zero-order valence-electron chi connectivity index (χ0n) is 12.7. The van der Waals surface area contributed by atoms with Gasteiger partial charge in [-0.05, 0) is 29.3 Å². The Bertz CT molecular complexity index is 952. The van der Waals surface area contributed by atoms with Gasteiger partial charge in [-0.2, -0.15) is 0 Å². The van der Waals surface area contributed by atoms with Crippen molar-refractivity contribution in [3.8, 4) is 11.1 Å². The van der Waals surface area contributed by atoms with E-state index in [0.717, 1.165) is 5.56 Å². The van der Waals surface area contributed by atoms with Crippen LogP contribution in [0.2, 0.25) is 0 Å². The minimum atomic E-state index is -3.91. The molecule has 0 aliphatic heterocycles. The first-order valence-electron chi connectivity index (χ1n) is 7.34. The molecule has 3 aromatic carbocycles. The maximum Gasteiger partial charge on any atom is 0.265 e. The van der Waals surface area contributed by atoms with E-state index in [-0.39, 0.29) is 4.90 Å². The first-order valence-corrected chi connectivity index (χ1v) is 8.83. The lowest BCUT2D eigenvalue weighted by molar-refractivity contribution is 0.0982. The maximum absolute atomic E-state index is 12.5. The fourth-order valence-electron chi connectivity index (χ4n) is 2.39. The van der Waals surface area contributed by atoms with Crippen molar-refractivity contribution in [2.24, 2.45) is 0 Å².